The Labute approximate surface area is 113 Å². The molecule has 5 heteroatoms. The van der Waals surface area contributed by atoms with Gasteiger partial charge in [0.25, 0.3) is 0 Å². The predicted molar refractivity (Wildman–Crippen MR) is 71.3 cm³/mol. The molecule has 3 N–H and O–H groups in total. The van der Waals surface area contributed by atoms with Crippen LogP contribution in [-0.4, -0.2) is 0 Å². The van der Waals surface area contributed by atoms with E-state index in [0.717, 1.165) is 16.7 Å². The van der Waals surface area contributed by atoms with Crippen LogP contribution in [0.5, 0.6) is 0 Å². The molecule has 1 aromatic heterocycles. The minimum absolute atomic E-state index is 0.126. The summed E-state index contributed by atoms with van der Waals surface area (Å²) in [6.07, 6.45) is 2.18. The van der Waals surface area contributed by atoms with Crippen LogP contribution in [0.3, 0.4) is 0 Å². The van der Waals surface area contributed by atoms with Crippen LogP contribution in [0.15, 0.2) is 39.6 Å². The Morgan fingerprint density at radius 1 is 1.44 bits per heavy atom. The second-order valence-corrected chi connectivity index (χ2v) is 4.86. The van der Waals surface area contributed by atoms with Gasteiger partial charge in [0.05, 0.1) is 12.3 Å². The third kappa shape index (κ3) is 2.80. The van der Waals surface area contributed by atoms with Gasteiger partial charge < -0.3 is 4.42 Å². The fourth-order valence-corrected chi connectivity index (χ4v) is 2.41. The van der Waals surface area contributed by atoms with Gasteiger partial charge in [-0.15, -0.1) is 0 Å². The number of hydrogen-bond acceptors (Lipinski definition) is 3. The molecule has 96 valence electrons. The predicted octanol–water partition coefficient (Wildman–Crippen LogP) is 3.24. The maximum atomic E-state index is 13.2. The van der Waals surface area contributed by atoms with E-state index in [2.05, 4.69) is 21.4 Å². The van der Waals surface area contributed by atoms with Crippen molar-refractivity contribution in [2.24, 2.45) is 5.84 Å². The number of benzene rings is 1. The lowest BCUT2D eigenvalue weighted by atomic mass is 9.98. The van der Waals surface area contributed by atoms with Crippen molar-refractivity contribution in [1.82, 2.24) is 5.43 Å². The first-order valence-electron chi connectivity index (χ1n) is 5.56. The van der Waals surface area contributed by atoms with Crippen LogP contribution in [0.25, 0.3) is 0 Å². The maximum Gasteiger partial charge on any atom is 0.173 e. The molecule has 1 heterocycles. The molecule has 0 saturated heterocycles. The standard InChI is InChI=1S/C13H14BrFN2O/c1-8-2-3-10(15)6-9(8)7-12(17-16)11-4-5-18-13(11)14/h2-6,12,17H,7,16H2,1H3. The van der Waals surface area contributed by atoms with Gasteiger partial charge in [0.15, 0.2) is 4.67 Å². The first-order chi connectivity index (χ1) is 8.61. The molecule has 18 heavy (non-hydrogen) atoms. The third-order valence-corrected chi connectivity index (χ3v) is 3.60. The van der Waals surface area contributed by atoms with Crippen molar-refractivity contribution in [1.29, 1.82) is 0 Å². The molecule has 1 unspecified atom stereocenters. The van der Waals surface area contributed by atoms with Crippen LogP contribution in [-0.2, 0) is 6.42 Å². The van der Waals surface area contributed by atoms with E-state index in [1.807, 2.05) is 13.0 Å². The van der Waals surface area contributed by atoms with Crippen molar-refractivity contribution < 1.29 is 8.81 Å². The molecule has 2 rings (SSSR count). The SMILES string of the molecule is Cc1ccc(F)cc1CC(NN)c1ccoc1Br. The average molecular weight is 313 g/mol. The van der Waals surface area contributed by atoms with E-state index in [1.165, 1.54) is 12.1 Å². The van der Waals surface area contributed by atoms with Gasteiger partial charge in [-0.2, -0.15) is 0 Å². The van der Waals surface area contributed by atoms with E-state index in [1.54, 1.807) is 12.3 Å². The van der Waals surface area contributed by atoms with Gasteiger partial charge in [0.2, 0.25) is 0 Å². The van der Waals surface area contributed by atoms with Crippen LogP contribution >= 0.6 is 15.9 Å². The fraction of sp³-hybridized carbons (Fsp3) is 0.231. The molecular formula is C13H14BrFN2O. The van der Waals surface area contributed by atoms with Crippen molar-refractivity contribution in [2.45, 2.75) is 19.4 Å². The molecule has 0 fully saturated rings. The van der Waals surface area contributed by atoms with Gasteiger partial charge in [0, 0.05) is 5.56 Å². The average Bonchev–Trinajstić information content (AvgIpc) is 2.77. The molecule has 3 nitrogen and oxygen atoms in total. The lowest BCUT2D eigenvalue weighted by Gasteiger charge is -2.16. The van der Waals surface area contributed by atoms with Crippen LogP contribution < -0.4 is 11.3 Å². The summed E-state index contributed by atoms with van der Waals surface area (Å²) in [6, 6.07) is 6.47. The molecule has 0 amide bonds. The summed E-state index contributed by atoms with van der Waals surface area (Å²) in [5.41, 5.74) is 5.61. The molecule has 2 aromatic rings. The largest absolute Gasteiger partial charge is 0.457 e. The van der Waals surface area contributed by atoms with E-state index in [9.17, 15) is 4.39 Å². The summed E-state index contributed by atoms with van der Waals surface area (Å²) >= 11 is 3.32. The molecule has 0 aliphatic heterocycles. The number of nitrogens with one attached hydrogen (secondary N) is 1. The Morgan fingerprint density at radius 2 is 2.22 bits per heavy atom. The summed E-state index contributed by atoms with van der Waals surface area (Å²) in [5.74, 6) is 5.32. The van der Waals surface area contributed by atoms with Gasteiger partial charge >= 0.3 is 0 Å². The van der Waals surface area contributed by atoms with Crippen molar-refractivity contribution in [3.8, 4) is 0 Å². The summed E-state index contributed by atoms with van der Waals surface area (Å²) < 4.78 is 19.1. The number of hydrogen-bond donors (Lipinski definition) is 2. The third-order valence-electron chi connectivity index (χ3n) is 2.96. The summed E-state index contributed by atoms with van der Waals surface area (Å²) in [4.78, 5) is 0. The number of nitrogens with two attached hydrogens (primary N) is 1. The zero-order valence-electron chi connectivity index (χ0n) is 9.91. The molecule has 0 saturated carbocycles. The first-order valence-corrected chi connectivity index (χ1v) is 6.35. The number of rotatable bonds is 4. The summed E-state index contributed by atoms with van der Waals surface area (Å²) in [5, 5.41) is 0. The zero-order chi connectivity index (χ0) is 13.1. The summed E-state index contributed by atoms with van der Waals surface area (Å²) in [6.45, 7) is 1.95. The molecular weight excluding hydrogens is 299 g/mol. The summed E-state index contributed by atoms with van der Waals surface area (Å²) in [7, 11) is 0. The Bertz CT molecular complexity index is 542. The van der Waals surface area contributed by atoms with Crippen LogP contribution in [0, 0.1) is 12.7 Å². The molecule has 0 aliphatic carbocycles. The van der Waals surface area contributed by atoms with Crippen molar-refractivity contribution in [3.63, 3.8) is 0 Å². The lowest BCUT2D eigenvalue weighted by molar-refractivity contribution is 0.505. The topological polar surface area (TPSA) is 51.2 Å². The van der Waals surface area contributed by atoms with E-state index >= 15 is 0 Å². The van der Waals surface area contributed by atoms with Gasteiger partial charge in [-0.05, 0) is 58.6 Å². The van der Waals surface area contributed by atoms with Crippen molar-refractivity contribution in [3.05, 3.63) is 57.7 Å². The molecule has 0 radical (unpaired) electrons. The molecule has 1 aromatic carbocycles. The highest BCUT2D eigenvalue weighted by molar-refractivity contribution is 9.10. The van der Waals surface area contributed by atoms with Gasteiger partial charge in [-0.1, -0.05) is 6.07 Å². The highest BCUT2D eigenvalue weighted by Gasteiger charge is 2.17. The zero-order valence-corrected chi connectivity index (χ0v) is 11.5. The minimum atomic E-state index is -0.238. The smallest absolute Gasteiger partial charge is 0.173 e. The number of furan rings is 1. The fourth-order valence-electron chi connectivity index (χ4n) is 1.89. The lowest BCUT2D eigenvalue weighted by Crippen LogP contribution is -2.29. The van der Waals surface area contributed by atoms with Gasteiger partial charge in [0.1, 0.15) is 5.82 Å². The Morgan fingerprint density at radius 3 is 2.83 bits per heavy atom. The van der Waals surface area contributed by atoms with E-state index in [0.29, 0.717) is 11.1 Å². The van der Waals surface area contributed by atoms with Crippen LogP contribution in [0.4, 0.5) is 4.39 Å². The Hall–Kier alpha value is -1.17. The monoisotopic (exact) mass is 312 g/mol. The number of hydrazine groups is 1. The quantitative estimate of drug-likeness (QED) is 0.673. The molecule has 0 aliphatic rings. The molecule has 1 atom stereocenters. The van der Waals surface area contributed by atoms with Gasteiger partial charge in [-0.25, -0.2) is 4.39 Å². The van der Waals surface area contributed by atoms with Crippen LogP contribution in [0.1, 0.15) is 22.7 Å². The number of aryl methyl sites for hydroxylation is 1. The van der Waals surface area contributed by atoms with E-state index < -0.39 is 0 Å². The maximum absolute atomic E-state index is 13.2. The van der Waals surface area contributed by atoms with Crippen molar-refractivity contribution in [2.75, 3.05) is 0 Å². The second kappa shape index (κ2) is 5.65. The van der Waals surface area contributed by atoms with E-state index in [-0.39, 0.29) is 11.9 Å². The van der Waals surface area contributed by atoms with Gasteiger partial charge in [-0.3, -0.25) is 11.3 Å². The van der Waals surface area contributed by atoms with E-state index in [4.69, 9.17) is 10.3 Å². The first kappa shape index (κ1) is 13.3. The second-order valence-electron chi connectivity index (χ2n) is 4.14. The minimum Gasteiger partial charge on any atom is -0.457 e. The number of halogens is 2. The Balaban J connectivity index is 2.26. The Kier molecular flexibility index (Phi) is 4.16. The van der Waals surface area contributed by atoms with Crippen LogP contribution in [0.2, 0.25) is 0 Å². The molecule has 0 spiro atoms. The van der Waals surface area contributed by atoms with Crippen molar-refractivity contribution >= 4 is 15.9 Å². The highest BCUT2D eigenvalue weighted by atomic mass is 79.9. The molecule has 0 bridgehead atoms. The normalized spacial score (nSPS) is 12.7. The highest BCUT2D eigenvalue weighted by Crippen LogP contribution is 2.27.